The molecule has 0 aliphatic heterocycles. The molecule has 2 nitrogen and oxygen atoms in total. The van der Waals surface area contributed by atoms with E-state index < -0.39 is 0 Å². The third kappa shape index (κ3) is 2.34. The lowest BCUT2D eigenvalue weighted by molar-refractivity contribution is -0.169. The maximum atomic E-state index is 12.7. The zero-order chi connectivity index (χ0) is 14.8. The summed E-state index contributed by atoms with van der Waals surface area (Å²) in [4.78, 5) is 12.7. The number of ether oxygens (including phenoxy) is 1. The number of hydrogen-bond acceptors (Lipinski definition) is 2. The summed E-state index contributed by atoms with van der Waals surface area (Å²) in [6.07, 6.45) is 9.25. The Hall–Kier alpha value is -1.05. The summed E-state index contributed by atoms with van der Waals surface area (Å²) < 4.78 is 5.23. The Morgan fingerprint density at radius 3 is 2.50 bits per heavy atom. The molecule has 2 atom stereocenters. The standard InChI is InChI=1S/C18H28O2/c1-5-6-9-17-10-7-15(3)13-18(17,16(19)20-4)11-8-14(2)12-17/h2-3,5-13H2,1,4H3. The van der Waals surface area contributed by atoms with Crippen LogP contribution in [0.1, 0.15) is 64.7 Å². The first kappa shape index (κ1) is 15.3. The Labute approximate surface area is 123 Å². The molecule has 0 bridgehead atoms. The highest BCUT2D eigenvalue weighted by Gasteiger charge is 2.59. The quantitative estimate of drug-likeness (QED) is 0.544. The van der Waals surface area contributed by atoms with E-state index in [-0.39, 0.29) is 16.8 Å². The van der Waals surface area contributed by atoms with Gasteiger partial charge in [-0.05, 0) is 50.4 Å². The van der Waals surface area contributed by atoms with Gasteiger partial charge < -0.3 is 4.74 Å². The Morgan fingerprint density at radius 1 is 1.20 bits per heavy atom. The number of esters is 1. The summed E-state index contributed by atoms with van der Waals surface area (Å²) in [5.74, 6) is -0.0121. The van der Waals surface area contributed by atoms with Crippen LogP contribution in [-0.2, 0) is 9.53 Å². The van der Waals surface area contributed by atoms with Crippen molar-refractivity contribution in [2.24, 2.45) is 10.8 Å². The minimum Gasteiger partial charge on any atom is -0.469 e. The number of fused-ring (bicyclic) bond motifs is 1. The monoisotopic (exact) mass is 276 g/mol. The molecule has 0 aromatic rings. The first-order chi connectivity index (χ1) is 9.49. The number of carbonyl (C=O) groups is 1. The molecule has 20 heavy (non-hydrogen) atoms. The number of rotatable bonds is 4. The molecule has 0 spiro atoms. The van der Waals surface area contributed by atoms with Gasteiger partial charge in [-0.15, -0.1) is 0 Å². The summed E-state index contributed by atoms with van der Waals surface area (Å²) in [5.41, 5.74) is 2.25. The van der Waals surface area contributed by atoms with Gasteiger partial charge in [-0.2, -0.15) is 0 Å². The molecular formula is C18H28O2. The summed E-state index contributed by atoms with van der Waals surface area (Å²) in [6.45, 7) is 10.6. The van der Waals surface area contributed by atoms with Crippen LogP contribution in [0.2, 0.25) is 0 Å². The Morgan fingerprint density at radius 2 is 1.85 bits per heavy atom. The molecule has 0 N–H and O–H groups in total. The van der Waals surface area contributed by atoms with Gasteiger partial charge >= 0.3 is 5.97 Å². The van der Waals surface area contributed by atoms with Crippen LogP contribution in [0.25, 0.3) is 0 Å². The molecule has 0 heterocycles. The predicted molar refractivity (Wildman–Crippen MR) is 82.4 cm³/mol. The fraction of sp³-hybridized carbons (Fsp3) is 0.722. The summed E-state index contributed by atoms with van der Waals surface area (Å²) in [5, 5.41) is 0. The molecule has 2 saturated carbocycles. The Kier molecular flexibility index (Phi) is 4.41. The zero-order valence-electron chi connectivity index (χ0n) is 13.1. The number of carbonyl (C=O) groups excluding carboxylic acids is 1. The van der Waals surface area contributed by atoms with Gasteiger partial charge in [-0.1, -0.05) is 44.1 Å². The molecule has 2 rings (SSSR count). The van der Waals surface area contributed by atoms with Gasteiger partial charge in [0.2, 0.25) is 0 Å². The highest BCUT2D eigenvalue weighted by atomic mass is 16.5. The molecule has 112 valence electrons. The van der Waals surface area contributed by atoms with Gasteiger partial charge in [0.25, 0.3) is 0 Å². The van der Waals surface area contributed by atoms with Crippen LogP contribution >= 0.6 is 0 Å². The van der Waals surface area contributed by atoms with Crippen LogP contribution in [0.15, 0.2) is 24.3 Å². The normalized spacial score (nSPS) is 33.7. The van der Waals surface area contributed by atoms with Crippen molar-refractivity contribution in [2.45, 2.75) is 64.7 Å². The fourth-order valence-electron chi connectivity index (χ4n) is 4.48. The third-order valence-electron chi connectivity index (χ3n) is 5.60. The average Bonchev–Trinajstić information content (AvgIpc) is 2.45. The molecular weight excluding hydrogens is 248 g/mol. The Bertz CT molecular complexity index is 423. The van der Waals surface area contributed by atoms with E-state index in [9.17, 15) is 4.79 Å². The van der Waals surface area contributed by atoms with Crippen LogP contribution in [0.5, 0.6) is 0 Å². The van der Waals surface area contributed by atoms with Crippen molar-refractivity contribution in [1.29, 1.82) is 0 Å². The molecule has 2 unspecified atom stereocenters. The van der Waals surface area contributed by atoms with Crippen molar-refractivity contribution < 1.29 is 9.53 Å². The van der Waals surface area contributed by atoms with Gasteiger partial charge in [-0.25, -0.2) is 0 Å². The van der Waals surface area contributed by atoms with Gasteiger partial charge in [0.15, 0.2) is 0 Å². The lowest BCUT2D eigenvalue weighted by atomic mass is 9.47. The van der Waals surface area contributed by atoms with Crippen LogP contribution in [0.4, 0.5) is 0 Å². The van der Waals surface area contributed by atoms with E-state index in [2.05, 4.69) is 20.1 Å². The summed E-state index contributed by atoms with van der Waals surface area (Å²) in [6, 6.07) is 0. The molecule has 2 aliphatic carbocycles. The van der Waals surface area contributed by atoms with E-state index in [0.717, 1.165) is 44.9 Å². The predicted octanol–water partition coefficient (Wildman–Crippen LogP) is 4.80. The number of hydrogen-bond donors (Lipinski definition) is 0. The van der Waals surface area contributed by atoms with Crippen molar-refractivity contribution in [3.8, 4) is 0 Å². The number of methoxy groups -OCH3 is 1. The first-order valence-corrected chi connectivity index (χ1v) is 7.91. The van der Waals surface area contributed by atoms with E-state index in [4.69, 9.17) is 4.74 Å². The zero-order valence-corrected chi connectivity index (χ0v) is 13.1. The van der Waals surface area contributed by atoms with Gasteiger partial charge in [-0.3, -0.25) is 4.79 Å². The lowest BCUT2D eigenvalue weighted by Crippen LogP contribution is -2.53. The van der Waals surface area contributed by atoms with Crippen LogP contribution in [0, 0.1) is 10.8 Å². The highest BCUT2D eigenvalue weighted by Crippen LogP contribution is 2.63. The van der Waals surface area contributed by atoms with Crippen molar-refractivity contribution in [3.63, 3.8) is 0 Å². The van der Waals surface area contributed by atoms with E-state index in [0.29, 0.717) is 0 Å². The second-order valence-corrected chi connectivity index (χ2v) is 6.81. The molecule has 2 fully saturated rings. The number of allylic oxidation sites excluding steroid dienone is 2. The SMILES string of the molecule is C=C1CCC2(C(=O)OC)CC(=C)CCC2(CCCC)C1. The minimum absolute atomic E-state index is 0.0121. The molecule has 0 aromatic carbocycles. The van der Waals surface area contributed by atoms with Crippen molar-refractivity contribution in [3.05, 3.63) is 24.3 Å². The molecule has 2 aliphatic rings. The average molecular weight is 276 g/mol. The largest absolute Gasteiger partial charge is 0.469 e. The van der Waals surface area contributed by atoms with E-state index in [1.807, 2.05) is 0 Å². The van der Waals surface area contributed by atoms with Crippen molar-refractivity contribution in [1.82, 2.24) is 0 Å². The lowest BCUT2D eigenvalue weighted by Gasteiger charge is -2.56. The first-order valence-electron chi connectivity index (χ1n) is 7.91. The minimum atomic E-state index is -0.340. The Balaban J connectivity index is 2.43. The molecule has 0 radical (unpaired) electrons. The molecule has 0 aromatic heterocycles. The smallest absolute Gasteiger partial charge is 0.312 e. The second-order valence-electron chi connectivity index (χ2n) is 6.81. The van der Waals surface area contributed by atoms with Gasteiger partial charge in [0.05, 0.1) is 12.5 Å². The van der Waals surface area contributed by atoms with Crippen molar-refractivity contribution >= 4 is 5.97 Å². The maximum Gasteiger partial charge on any atom is 0.312 e. The topological polar surface area (TPSA) is 26.3 Å². The van der Waals surface area contributed by atoms with Crippen LogP contribution in [0.3, 0.4) is 0 Å². The molecule has 0 saturated heterocycles. The third-order valence-corrected chi connectivity index (χ3v) is 5.60. The summed E-state index contributed by atoms with van der Waals surface area (Å²) in [7, 11) is 1.53. The molecule has 0 amide bonds. The van der Waals surface area contributed by atoms with Crippen LogP contribution in [-0.4, -0.2) is 13.1 Å². The van der Waals surface area contributed by atoms with E-state index in [1.165, 1.54) is 31.1 Å². The molecule has 2 heteroatoms. The highest BCUT2D eigenvalue weighted by molar-refractivity contribution is 5.79. The number of unbranched alkanes of at least 4 members (excludes halogenated alkanes) is 1. The van der Waals surface area contributed by atoms with Gasteiger partial charge in [0.1, 0.15) is 0 Å². The van der Waals surface area contributed by atoms with Crippen molar-refractivity contribution in [2.75, 3.05) is 7.11 Å². The van der Waals surface area contributed by atoms with E-state index in [1.54, 1.807) is 0 Å². The van der Waals surface area contributed by atoms with Crippen LogP contribution < -0.4 is 0 Å². The fourth-order valence-corrected chi connectivity index (χ4v) is 4.48. The van der Waals surface area contributed by atoms with E-state index >= 15 is 0 Å². The van der Waals surface area contributed by atoms with Gasteiger partial charge in [0, 0.05) is 0 Å². The maximum absolute atomic E-state index is 12.7. The summed E-state index contributed by atoms with van der Waals surface area (Å²) >= 11 is 0. The second kappa shape index (κ2) is 5.75.